The number of nitrogens with zero attached hydrogens (tertiary/aromatic N) is 1. The normalized spacial score (nSPS) is 21.8. The van der Waals surface area contributed by atoms with Crippen molar-refractivity contribution < 1.29 is 0 Å². The molecule has 1 heterocycles. The Hall–Kier alpha value is -0.860. The fourth-order valence-electron chi connectivity index (χ4n) is 3.85. The van der Waals surface area contributed by atoms with Gasteiger partial charge in [0.15, 0.2) is 0 Å². The average molecular weight is 288 g/mol. The molecule has 0 aromatic heterocycles. The molecule has 2 heteroatoms. The summed E-state index contributed by atoms with van der Waals surface area (Å²) >= 11 is 0. The summed E-state index contributed by atoms with van der Waals surface area (Å²) in [4.78, 5) is 2.55. The molecule has 1 aromatic rings. The monoisotopic (exact) mass is 288 g/mol. The lowest BCUT2D eigenvalue weighted by molar-refractivity contribution is 0.224. The molecule has 2 N–H and O–H groups in total. The van der Waals surface area contributed by atoms with Gasteiger partial charge >= 0.3 is 0 Å². The van der Waals surface area contributed by atoms with Gasteiger partial charge in [-0.2, -0.15) is 0 Å². The zero-order valence-electron chi connectivity index (χ0n) is 14.7. The van der Waals surface area contributed by atoms with Crippen molar-refractivity contribution in [2.75, 3.05) is 19.6 Å². The van der Waals surface area contributed by atoms with E-state index in [9.17, 15) is 0 Å². The number of nitrogens with two attached hydrogens (primary N) is 1. The molecule has 1 saturated heterocycles. The average Bonchev–Trinajstić information content (AvgIpc) is 2.75. The molecule has 0 radical (unpaired) electrons. The van der Waals surface area contributed by atoms with Crippen LogP contribution in [0, 0.1) is 32.1 Å². The lowest BCUT2D eigenvalue weighted by Gasteiger charge is -2.28. The van der Waals surface area contributed by atoms with E-state index in [0.717, 1.165) is 12.5 Å². The van der Waals surface area contributed by atoms with Gasteiger partial charge in [-0.05, 0) is 61.8 Å². The van der Waals surface area contributed by atoms with Crippen molar-refractivity contribution in [2.45, 2.75) is 54.0 Å². The number of hydrogen-bond acceptors (Lipinski definition) is 2. The van der Waals surface area contributed by atoms with Crippen LogP contribution in [0.15, 0.2) is 12.1 Å². The van der Waals surface area contributed by atoms with Crippen LogP contribution in [0.5, 0.6) is 0 Å². The van der Waals surface area contributed by atoms with Crippen molar-refractivity contribution in [1.29, 1.82) is 0 Å². The van der Waals surface area contributed by atoms with Gasteiger partial charge in [-0.25, -0.2) is 0 Å². The van der Waals surface area contributed by atoms with Gasteiger partial charge in [-0.3, -0.25) is 0 Å². The Morgan fingerprint density at radius 2 is 1.76 bits per heavy atom. The van der Waals surface area contributed by atoms with Gasteiger partial charge < -0.3 is 10.6 Å². The second-order valence-electron chi connectivity index (χ2n) is 8.03. The third-order valence-electron chi connectivity index (χ3n) is 5.06. The first-order chi connectivity index (χ1) is 9.68. The lowest BCUT2D eigenvalue weighted by Crippen LogP contribution is -2.33. The molecule has 2 rings (SSSR count). The summed E-state index contributed by atoms with van der Waals surface area (Å²) in [7, 11) is 0. The van der Waals surface area contributed by atoms with E-state index in [-0.39, 0.29) is 6.04 Å². The van der Waals surface area contributed by atoms with E-state index in [0.29, 0.717) is 5.41 Å². The first-order valence-electron chi connectivity index (χ1n) is 8.24. The van der Waals surface area contributed by atoms with Crippen molar-refractivity contribution in [3.8, 4) is 0 Å². The maximum Gasteiger partial charge on any atom is 0.0429 e. The number of aryl methyl sites for hydroxylation is 3. The molecule has 118 valence electrons. The molecule has 0 bridgehead atoms. The highest BCUT2D eigenvalue weighted by Gasteiger charge is 2.32. The Morgan fingerprint density at radius 3 is 2.24 bits per heavy atom. The summed E-state index contributed by atoms with van der Waals surface area (Å²) in [5, 5.41) is 0. The molecule has 2 unspecified atom stereocenters. The summed E-state index contributed by atoms with van der Waals surface area (Å²) in [6.45, 7) is 17.0. The minimum Gasteiger partial charge on any atom is -0.323 e. The minimum absolute atomic E-state index is 0.129. The predicted molar refractivity (Wildman–Crippen MR) is 91.6 cm³/mol. The zero-order valence-corrected chi connectivity index (χ0v) is 14.7. The molecule has 21 heavy (non-hydrogen) atoms. The maximum absolute atomic E-state index is 6.54. The molecule has 1 fully saturated rings. The fourth-order valence-corrected chi connectivity index (χ4v) is 3.85. The summed E-state index contributed by atoms with van der Waals surface area (Å²) in [6.07, 6.45) is 1.31. The Morgan fingerprint density at radius 1 is 1.19 bits per heavy atom. The number of likely N-dealkylation sites (tertiary alicyclic amines) is 1. The number of benzene rings is 1. The van der Waals surface area contributed by atoms with Crippen LogP contribution in [0.1, 0.15) is 55.5 Å². The zero-order chi connectivity index (χ0) is 15.8. The van der Waals surface area contributed by atoms with E-state index in [4.69, 9.17) is 5.73 Å². The smallest absolute Gasteiger partial charge is 0.0429 e. The SMILES string of the molecule is Cc1cc(C)c(C(N)CN2CCC(C(C)(C)C)C2)c(C)c1. The van der Waals surface area contributed by atoms with Gasteiger partial charge in [0.1, 0.15) is 0 Å². The first kappa shape index (κ1) is 16.5. The van der Waals surface area contributed by atoms with E-state index in [1.807, 2.05) is 0 Å². The Labute approximate surface area is 130 Å². The molecule has 1 aliphatic rings. The van der Waals surface area contributed by atoms with E-state index >= 15 is 0 Å². The highest BCUT2D eigenvalue weighted by atomic mass is 15.2. The van der Waals surface area contributed by atoms with Crippen LogP contribution in [0.3, 0.4) is 0 Å². The number of rotatable bonds is 3. The Balaban J connectivity index is 2.05. The van der Waals surface area contributed by atoms with Crippen molar-refractivity contribution in [2.24, 2.45) is 17.1 Å². The summed E-state index contributed by atoms with van der Waals surface area (Å²) < 4.78 is 0. The predicted octanol–water partition coefficient (Wildman–Crippen LogP) is 3.98. The largest absolute Gasteiger partial charge is 0.323 e. The van der Waals surface area contributed by atoms with Gasteiger partial charge in [-0.15, -0.1) is 0 Å². The van der Waals surface area contributed by atoms with Crippen LogP contribution >= 0.6 is 0 Å². The van der Waals surface area contributed by atoms with Crippen molar-refractivity contribution in [3.63, 3.8) is 0 Å². The van der Waals surface area contributed by atoms with E-state index in [1.54, 1.807) is 0 Å². The lowest BCUT2D eigenvalue weighted by atomic mass is 9.80. The van der Waals surface area contributed by atoms with Crippen LogP contribution in [0.2, 0.25) is 0 Å². The third kappa shape index (κ3) is 3.87. The second kappa shape index (κ2) is 6.10. The topological polar surface area (TPSA) is 29.3 Å². The van der Waals surface area contributed by atoms with E-state index in [2.05, 4.69) is 58.6 Å². The Kier molecular flexibility index (Phi) is 4.79. The van der Waals surface area contributed by atoms with Gasteiger partial charge in [0.05, 0.1) is 0 Å². The molecule has 1 aliphatic heterocycles. The van der Waals surface area contributed by atoms with Gasteiger partial charge in [-0.1, -0.05) is 38.5 Å². The molecule has 0 spiro atoms. The number of hydrogen-bond donors (Lipinski definition) is 1. The highest BCUT2D eigenvalue weighted by Crippen LogP contribution is 2.34. The first-order valence-corrected chi connectivity index (χ1v) is 8.24. The van der Waals surface area contributed by atoms with Gasteiger partial charge in [0.2, 0.25) is 0 Å². The van der Waals surface area contributed by atoms with Crippen molar-refractivity contribution >= 4 is 0 Å². The summed E-state index contributed by atoms with van der Waals surface area (Å²) in [5.41, 5.74) is 12.3. The van der Waals surface area contributed by atoms with Crippen molar-refractivity contribution in [1.82, 2.24) is 4.90 Å². The molecule has 0 saturated carbocycles. The summed E-state index contributed by atoms with van der Waals surface area (Å²) in [5.74, 6) is 0.796. The second-order valence-corrected chi connectivity index (χ2v) is 8.03. The van der Waals surface area contributed by atoms with Crippen LogP contribution < -0.4 is 5.73 Å². The van der Waals surface area contributed by atoms with Crippen LogP contribution in [0.25, 0.3) is 0 Å². The Bertz CT molecular complexity index is 476. The summed E-state index contributed by atoms with van der Waals surface area (Å²) in [6, 6.07) is 4.64. The molecule has 2 atom stereocenters. The van der Waals surface area contributed by atoms with Crippen LogP contribution in [-0.4, -0.2) is 24.5 Å². The molecule has 0 aliphatic carbocycles. The molecule has 0 amide bonds. The quantitative estimate of drug-likeness (QED) is 0.911. The molecule has 1 aromatic carbocycles. The third-order valence-corrected chi connectivity index (χ3v) is 5.06. The molecular weight excluding hydrogens is 256 g/mol. The maximum atomic E-state index is 6.54. The van der Waals surface area contributed by atoms with E-state index in [1.165, 1.54) is 41.8 Å². The molecular formula is C19H32N2. The molecule has 2 nitrogen and oxygen atoms in total. The van der Waals surface area contributed by atoms with Gasteiger partial charge in [0, 0.05) is 19.1 Å². The van der Waals surface area contributed by atoms with Gasteiger partial charge in [0.25, 0.3) is 0 Å². The minimum atomic E-state index is 0.129. The highest BCUT2D eigenvalue weighted by molar-refractivity contribution is 5.39. The fraction of sp³-hybridized carbons (Fsp3) is 0.684. The van der Waals surface area contributed by atoms with Crippen LogP contribution in [0.4, 0.5) is 0 Å². The van der Waals surface area contributed by atoms with Crippen LogP contribution in [-0.2, 0) is 0 Å². The van der Waals surface area contributed by atoms with E-state index < -0.39 is 0 Å². The van der Waals surface area contributed by atoms with Crippen molar-refractivity contribution in [3.05, 3.63) is 34.4 Å². The standard InChI is InChI=1S/C19H32N2/c1-13-9-14(2)18(15(3)10-13)17(20)12-21-8-7-16(11-21)19(4,5)6/h9-10,16-17H,7-8,11-12,20H2,1-6H3.